The van der Waals surface area contributed by atoms with Gasteiger partial charge in [-0.25, -0.2) is 0 Å². The van der Waals surface area contributed by atoms with Gasteiger partial charge in [0.05, 0.1) is 5.56 Å². The molecule has 64 heavy (non-hydrogen) atoms. The highest BCUT2D eigenvalue weighted by atomic mass is 16.3. The van der Waals surface area contributed by atoms with Crippen molar-refractivity contribution in [1.82, 2.24) is 0 Å². The lowest BCUT2D eigenvalue weighted by molar-refractivity contribution is 0.658. The second-order valence-corrected chi connectivity index (χ2v) is 17.3. The molecule has 0 spiro atoms. The molecular formula is C60H44N2O2. The zero-order chi connectivity index (χ0) is 43.1. The molecule has 0 aliphatic carbocycles. The molecule has 0 saturated carbocycles. The van der Waals surface area contributed by atoms with E-state index in [1.54, 1.807) is 0 Å². The van der Waals surface area contributed by atoms with Gasteiger partial charge in [0, 0.05) is 55.7 Å². The van der Waals surface area contributed by atoms with Gasteiger partial charge in [-0.1, -0.05) is 103 Å². The minimum atomic E-state index is 0.823. The molecule has 4 heteroatoms. The molecule has 0 aliphatic heterocycles. The molecule has 0 bridgehead atoms. The fourth-order valence-corrected chi connectivity index (χ4v) is 9.67. The van der Waals surface area contributed by atoms with Crippen LogP contribution in [0.3, 0.4) is 0 Å². The number of hydrogen-bond acceptors (Lipinski definition) is 4. The molecule has 2 heterocycles. The molecule has 10 aromatic carbocycles. The van der Waals surface area contributed by atoms with Gasteiger partial charge in [-0.2, -0.15) is 0 Å². The average Bonchev–Trinajstić information content (AvgIpc) is 3.86. The number of hydrogen-bond donors (Lipinski definition) is 0. The predicted molar refractivity (Wildman–Crippen MR) is 270 cm³/mol. The van der Waals surface area contributed by atoms with Crippen LogP contribution in [0.4, 0.5) is 34.1 Å². The number of anilines is 6. The summed E-state index contributed by atoms with van der Waals surface area (Å²) in [6, 6.07) is 69.8. The Morgan fingerprint density at radius 1 is 0.328 bits per heavy atom. The van der Waals surface area contributed by atoms with E-state index in [9.17, 15) is 0 Å². The molecule has 0 fully saturated rings. The Labute approximate surface area is 371 Å². The third kappa shape index (κ3) is 6.21. The number of nitrogens with zero attached hydrogens (tertiary/aromatic N) is 2. The maximum Gasteiger partial charge on any atom is 0.147 e. The quantitative estimate of drug-likeness (QED) is 0.160. The van der Waals surface area contributed by atoms with Crippen LogP contribution in [-0.4, -0.2) is 0 Å². The standard InChI is InChI=1S/C60H44N2O2/c1-37-20-22-39(3)54(28-37)61(46-16-10-6-11-17-46)48-26-24-42-32-50-52-36-53-51-33-43-25-27-49(62(47-18-12-7-13-19-47)55-29-38(2)21-23-40(55)4)31-45(43)35-57(51)64-60(53)58(41-14-8-5-9-15-41)59(52)63-56(50)34-44(42)30-48/h5-36H,1-4H3. The number of rotatable bonds is 7. The second kappa shape index (κ2) is 14.8. The maximum atomic E-state index is 7.00. The van der Waals surface area contributed by atoms with E-state index in [4.69, 9.17) is 8.83 Å². The zero-order valence-electron chi connectivity index (χ0n) is 36.2. The maximum absolute atomic E-state index is 7.00. The van der Waals surface area contributed by atoms with Gasteiger partial charge in [-0.05, 0) is 168 Å². The number of benzene rings is 10. The van der Waals surface area contributed by atoms with Gasteiger partial charge in [-0.15, -0.1) is 0 Å². The van der Waals surface area contributed by atoms with Crippen molar-refractivity contribution in [3.05, 3.63) is 216 Å². The molecule has 0 radical (unpaired) electrons. The molecule has 0 unspecified atom stereocenters. The molecule has 0 N–H and O–H groups in total. The number of furan rings is 2. The lowest BCUT2D eigenvalue weighted by Crippen LogP contribution is -2.11. The van der Waals surface area contributed by atoms with Crippen molar-refractivity contribution in [2.45, 2.75) is 27.7 Å². The normalized spacial score (nSPS) is 11.8. The summed E-state index contributed by atoms with van der Waals surface area (Å²) in [4.78, 5) is 4.71. The van der Waals surface area contributed by atoms with Crippen molar-refractivity contribution in [3.8, 4) is 11.1 Å². The molecular weight excluding hydrogens is 781 g/mol. The van der Waals surface area contributed by atoms with E-state index < -0.39 is 0 Å². The molecule has 4 nitrogen and oxygen atoms in total. The predicted octanol–water partition coefficient (Wildman–Crippen LogP) is 17.6. The van der Waals surface area contributed by atoms with E-state index in [1.165, 1.54) is 22.3 Å². The fourth-order valence-electron chi connectivity index (χ4n) is 9.67. The van der Waals surface area contributed by atoms with Crippen molar-refractivity contribution in [2.24, 2.45) is 0 Å². The largest absolute Gasteiger partial charge is 0.455 e. The van der Waals surface area contributed by atoms with Crippen molar-refractivity contribution in [1.29, 1.82) is 0 Å². The summed E-state index contributed by atoms with van der Waals surface area (Å²) in [6.45, 7) is 8.67. The van der Waals surface area contributed by atoms with Crippen molar-refractivity contribution in [2.75, 3.05) is 9.80 Å². The van der Waals surface area contributed by atoms with E-state index >= 15 is 0 Å². The SMILES string of the molecule is Cc1ccc(C)c(N(c2ccccc2)c2ccc3cc4c(cc3c2)oc2c(-c3ccccc3)c3oc5cc6cc(N(c7ccccc7)c7cc(C)ccc7C)ccc6cc5c3cc24)c1. The summed E-state index contributed by atoms with van der Waals surface area (Å²) in [5.74, 6) is 0. The van der Waals surface area contributed by atoms with Crippen molar-refractivity contribution < 1.29 is 8.83 Å². The van der Waals surface area contributed by atoms with Crippen LogP contribution in [0.25, 0.3) is 76.5 Å². The third-order valence-corrected chi connectivity index (χ3v) is 12.9. The molecule has 0 atom stereocenters. The summed E-state index contributed by atoms with van der Waals surface area (Å²) in [7, 11) is 0. The van der Waals surface area contributed by atoms with Crippen LogP contribution in [0, 0.1) is 27.7 Å². The highest BCUT2D eigenvalue weighted by Crippen LogP contribution is 2.47. The minimum absolute atomic E-state index is 0.823. The molecule has 306 valence electrons. The van der Waals surface area contributed by atoms with Gasteiger partial charge in [-0.3, -0.25) is 0 Å². The van der Waals surface area contributed by atoms with Gasteiger partial charge in [0.15, 0.2) is 0 Å². The Morgan fingerprint density at radius 3 is 1.22 bits per heavy atom. The number of para-hydroxylation sites is 2. The monoisotopic (exact) mass is 824 g/mol. The minimum Gasteiger partial charge on any atom is -0.455 e. The summed E-state index contributed by atoms with van der Waals surface area (Å²) < 4.78 is 14.0. The van der Waals surface area contributed by atoms with E-state index in [2.05, 4.69) is 232 Å². The fraction of sp³-hybridized carbons (Fsp3) is 0.0667. The molecule has 2 aromatic heterocycles. The van der Waals surface area contributed by atoms with Crippen LogP contribution in [-0.2, 0) is 0 Å². The first-order valence-electron chi connectivity index (χ1n) is 22.0. The lowest BCUT2D eigenvalue weighted by Gasteiger charge is -2.27. The zero-order valence-corrected chi connectivity index (χ0v) is 36.2. The van der Waals surface area contributed by atoms with Crippen LogP contribution >= 0.6 is 0 Å². The molecule has 0 saturated heterocycles. The smallest absolute Gasteiger partial charge is 0.147 e. The van der Waals surface area contributed by atoms with Gasteiger partial charge < -0.3 is 18.6 Å². The molecule has 0 aliphatic rings. The first kappa shape index (κ1) is 37.7. The Kier molecular flexibility index (Phi) is 8.70. The number of aryl methyl sites for hydroxylation is 4. The first-order valence-corrected chi connectivity index (χ1v) is 22.0. The highest BCUT2D eigenvalue weighted by Gasteiger charge is 2.23. The summed E-state index contributed by atoms with van der Waals surface area (Å²) >= 11 is 0. The van der Waals surface area contributed by atoms with E-state index in [0.717, 1.165) is 111 Å². The Balaban J connectivity index is 1.04. The van der Waals surface area contributed by atoms with Crippen LogP contribution in [0.1, 0.15) is 22.3 Å². The summed E-state index contributed by atoms with van der Waals surface area (Å²) in [5.41, 5.74) is 17.0. The third-order valence-electron chi connectivity index (χ3n) is 12.9. The van der Waals surface area contributed by atoms with Gasteiger partial charge in [0.1, 0.15) is 22.3 Å². The van der Waals surface area contributed by atoms with E-state index in [-0.39, 0.29) is 0 Å². The number of fused-ring (bicyclic) bond motifs is 8. The van der Waals surface area contributed by atoms with Crippen molar-refractivity contribution in [3.63, 3.8) is 0 Å². The lowest BCUT2D eigenvalue weighted by atomic mass is 9.97. The Hall–Kier alpha value is -8.08. The topological polar surface area (TPSA) is 32.8 Å². The van der Waals surface area contributed by atoms with E-state index in [1.807, 2.05) is 0 Å². The first-order chi connectivity index (χ1) is 31.3. The van der Waals surface area contributed by atoms with Crippen LogP contribution in [0.5, 0.6) is 0 Å². The van der Waals surface area contributed by atoms with E-state index in [0.29, 0.717) is 0 Å². The molecule has 12 aromatic rings. The summed E-state index contributed by atoms with van der Waals surface area (Å²) in [5, 5.41) is 8.82. The highest BCUT2D eigenvalue weighted by molar-refractivity contribution is 6.24. The molecule has 0 amide bonds. The van der Waals surface area contributed by atoms with Crippen LogP contribution in [0.2, 0.25) is 0 Å². The van der Waals surface area contributed by atoms with Gasteiger partial charge >= 0.3 is 0 Å². The van der Waals surface area contributed by atoms with Crippen LogP contribution in [0.15, 0.2) is 203 Å². The van der Waals surface area contributed by atoms with Gasteiger partial charge in [0.25, 0.3) is 0 Å². The van der Waals surface area contributed by atoms with Crippen molar-refractivity contribution >= 4 is 99.5 Å². The van der Waals surface area contributed by atoms with Crippen LogP contribution < -0.4 is 9.80 Å². The average molecular weight is 825 g/mol. The molecule has 12 rings (SSSR count). The Bertz CT molecular complexity index is 3540. The Morgan fingerprint density at radius 2 is 0.766 bits per heavy atom. The summed E-state index contributed by atoms with van der Waals surface area (Å²) in [6.07, 6.45) is 0. The van der Waals surface area contributed by atoms with Gasteiger partial charge in [0.2, 0.25) is 0 Å². The second-order valence-electron chi connectivity index (χ2n) is 17.3.